The molecule has 0 aliphatic carbocycles. The van der Waals surface area contributed by atoms with E-state index in [9.17, 15) is 14.4 Å². The van der Waals surface area contributed by atoms with Crippen LogP contribution in [-0.2, 0) is 4.79 Å². The third kappa shape index (κ3) is 4.19. The third-order valence-electron chi connectivity index (χ3n) is 6.54. The molecule has 0 radical (unpaired) electrons. The van der Waals surface area contributed by atoms with E-state index in [1.165, 1.54) is 11.3 Å². The number of aromatic nitrogens is 1. The average Bonchev–Trinajstić information content (AvgIpc) is 3.55. The number of likely N-dealkylation sites (N-methyl/N-ethyl adjacent to an activating group) is 1. The van der Waals surface area contributed by atoms with Crippen LogP contribution in [0.4, 0.5) is 21.9 Å². The first-order valence-electron chi connectivity index (χ1n) is 12.1. The van der Waals surface area contributed by atoms with Gasteiger partial charge in [-0.1, -0.05) is 42.5 Å². The fraction of sp³-hybridized carbons (Fsp3) is 0.143. The largest absolute Gasteiger partial charge is 0.332 e. The molecular formula is C28H24N6O3S. The number of amides is 4. The highest BCUT2D eigenvalue weighted by Gasteiger charge is 2.33. The minimum atomic E-state index is -0.355. The Bertz CT molecular complexity index is 1610. The van der Waals surface area contributed by atoms with Gasteiger partial charge in [0.15, 0.2) is 0 Å². The monoisotopic (exact) mass is 524 g/mol. The minimum absolute atomic E-state index is 0.0394. The van der Waals surface area contributed by atoms with Gasteiger partial charge in [-0.05, 0) is 42.4 Å². The minimum Gasteiger partial charge on any atom is -0.332 e. The molecule has 3 N–H and O–H groups in total. The van der Waals surface area contributed by atoms with Crippen LogP contribution in [0.5, 0.6) is 0 Å². The lowest BCUT2D eigenvalue weighted by Gasteiger charge is -2.28. The van der Waals surface area contributed by atoms with Gasteiger partial charge in [0, 0.05) is 18.4 Å². The zero-order valence-electron chi connectivity index (χ0n) is 20.5. The smallest absolute Gasteiger partial charge is 0.331 e. The van der Waals surface area contributed by atoms with Gasteiger partial charge in [-0.15, -0.1) is 11.3 Å². The van der Waals surface area contributed by atoms with Crippen molar-refractivity contribution in [2.24, 2.45) is 0 Å². The van der Waals surface area contributed by atoms with Crippen molar-refractivity contribution in [3.8, 4) is 11.1 Å². The van der Waals surface area contributed by atoms with Crippen molar-refractivity contribution in [3.63, 3.8) is 0 Å². The van der Waals surface area contributed by atoms with Gasteiger partial charge >= 0.3 is 6.03 Å². The number of anilines is 3. The van der Waals surface area contributed by atoms with Crippen molar-refractivity contribution in [1.82, 2.24) is 20.5 Å². The summed E-state index contributed by atoms with van der Waals surface area (Å²) in [5.41, 5.74) is 4.52. The van der Waals surface area contributed by atoms with Crippen LogP contribution in [0.2, 0.25) is 0 Å². The lowest BCUT2D eigenvalue weighted by atomic mass is 10.0. The van der Waals surface area contributed by atoms with Crippen molar-refractivity contribution in [2.45, 2.75) is 0 Å². The molecule has 38 heavy (non-hydrogen) atoms. The Labute approximate surface area is 222 Å². The Kier molecular flexibility index (Phi) is 6.10. The standard InChI is InChI=1S/C28H24N6O3S/c1-29-15-22(35)33-13-11-19(16-33)31-26(36)25-24-23-21(10-12-30-27(23)38-25)34(28(37)32-24)20-9-5-8-18(14-20)17-6-3-2-4-7-17/h2-12,14,29H,13,15-16H2,1H3,(H,31,36)(H,32,37). The van der Waals surface area contributed by atoms with Crippen LogP contribution in [0.15, 0.2) is 78.6 Å². The van der Waals surface area contributed by atoms with E-state index in [0.717, 1.165) is 16.5 Å². The molecule has 2 aromatic carbocycles. The maximum absolute atomic E-state index is 13.4. The van der Waals surface area contributed by atoms with Crippen LogP contribution in [-0.4, -0.2) is 54.4 Å². The van der Waals surface area contributed by atoms with E-state index in [-0.39, 0.29) is 24.4 Å². The van der Waals surface area contributed by atoms with Crippen LogP contribution in [0.3, 0.4) is 0 Å². The normalized spacial score (nSPS) is 14.4. The molecule has 190 valence electrons. The number of carbonyl (C=O) groups is 3. The maximum Gasteiger partial charge on any atom is 0.331 e. The van der Waals surface area contributed by atoms with E-state index in [0.29, 0.717) is 45.6 Å². The Hall–Kier alpha value is -4.54. The fourth-order valence-corrected chi connectivity index (χ4v) is 5.77. The van der Waals surface area contributed by atoms with Crippen LogP contribution in [0.25, 0.3) is 21.3 Å². The van der Waals surface area contributed by atoms with Crippen molar-refractivity contribution in [1.29, 1.82) is 0 Å². The van der Waals surface area contributed by atoms with E-state index in [1.54, 1.807) is 29.1 Å². The van der Waals surface area contributed by atoms with Crippen LogP contribution in [0, 0.1) is 0 Å². The predicted octanol–water partition coefficient (Wildman–Crippen LogP) is 4.32. The topological polar surface area (TPSA) is 107 Å². The molecule has 0 unspecified atom stereocenters. The summed E-state index contributed by atoms with van der Waals surface area (Å²) in [5, 5.41) is 9.41. The quantitative estimate of drug-likeness (QED) is 0.348. The molecule has 4 amide bonds. The van der Waals surface area contributed by atoms with Gasteiger partial charge in [-0.25, -0.2) is 9.78 Å². The van der Waals surface area contributed by atoms with Gasteiger partial charge in [0.05, 0.1) is 35.5 Å². The highest BCUT2D eigenvalue weighted by atomic mass is 32.1. The average molecular weight is 525 g/mol. The molecule has 2 aliphatic rings. The molecule has 2 aliphatic heterocycles. The van der Waals surface area contributed by atoms with Gasteiger partial charge in [0.2, 0.25) is 5.91 Å². The van der Waals surface area contributed by atoms with Crippen molar-refractivity contribution >= 4 is 56.5 Å². The first-order chi connectivity index (χ1) is 18.5. The second kappa shape index (κ2) is 9.73. The highest BCUT2D eigenvalue weighted by Crippen LogP contribution is 2.46. The van der Waals surface area contributed by atoms with Crippen LogP contribution in [0.1, 0.15) is 9.67 Å². The zero-order chi connectivity index (χ0) is 26.2. The van der Waals surface area contributed by atoms with Gasteiger partial charge < -0.3 is 20.9 Å². The highest BCUT2D eigenvalue weighted by molar-refractivity contribution is 7.21. The molecule has 0 bridgehead atoms. The number of thiophene rings is 1. The number of benzene rings is 2. The Balaban J connectivity index is 1.31. The van der Waals surface area contributed by atoms with Gasteiger partial charge in [0.1, 0.15) is 9.71 Å². The number of hydrogen-bond donors (Lipinski definition) is 3. The molecule has 0 spiro atoms. The summed E-state index contributed by atoms with van der Waals surface area (Å²) >= 11 is 1.23. The number of pyridine rings is 1. The van der Waals surface area contributed by atoms with E-state index < -0.39 is 0 Å². The number of nitrogens with one attached hydrogen (secondary N) is 3. The first kappa shape index (κ1) is 23.8. The van der Waals surface area contributed by atoms with Gasteiger partial charge in [0.25, 0.3) is 5.91 Å². The number of nitrogens with zero attached hydrogens (tertiary/aromatic N) is 3. The fourth-order valence-electron chi connectivity index (χ4n) is 4.76. The molecule has 9 nitrogen and oxygen atoms in total. The lowest BCUT2D eigenvalue weighted by Crippen LogP contribution is -2.37. The summed E-state index contributed by atoms with van der Waals surface area (Å²) in [6, 6.07) is 19.2. The summed E-state index contributed by atoms with van der Waals surface area (Å²) in [6.07, 6.45) is 3.48. The number of rotatable bonds is 6. The van der Waals surface area contributed by atoms with Crippen LogP contribution < -0.4 is 20.9 Å². The van der Waals surface area contributed by atoms with Gasteiger partial charge in [-0.3, -0.25) is 14.5 Å². The van der Waals surface area contributed by atoms with Crippen molar-refractivity contribution < 1.29 is 14.4 Å². The van der Waals surface area contributed by atoms with Crippen molar-refractivity contribution in [2.75, 3.05) is 36.9 Å². The molecule has 0 atom stereocenters. The number of carbonyl (C=O) groups excluding carboxylic acids is 3. The molecule has 0 fully saturated rings. The van der Waals surface area contributed by atoms with E-state index in [4.69, 9.17) is 0 Å². The zero-order valence-corrected chi connectivity index (χ0v) is 21.3. The third-order valence-corrected chi connectivity index (χ3v) is 7.63. The Morgan fingerprint density at radius 3 is 2.71 bits per heavy atom. The molecule has 0 saturated carbocycles. The van der Waals surface area contributed by atoms with Gasteiger partial charge in [-0.2, -0.15) is 0 Å². The number of urea groups is 1. The SMILES string of the molecule is CNCC(=O)N1CC=C(NC(=O)c2sc3nccc4c3c2NC(=O)N4c2cccc(-c3ccccc3)c2)C1. The molecule has 10 heteroatoms. The maximum atomic E-state index is 13.4. The van der Waals surface area contributed by atoms with Crippen molar-refractivity contribution in [3.05, 3.63) is 83.5 Å². The Morgan fingerprint density at radius 2 is 1.89 bits per heavy atom. The summed E-state index contributed by atoms with van der Waals surface area (Å²) in [7, 11) is 1.72. The second-order valence-electron chi connectivity index (χ2n) is 8.99. The summed E-state index contributed by atoms with van der Waals surface area (Å²) in [6.45, 7) is 1.00. The molecule has 0 saturated heterocycles. The number of hydrogen-bond acceptors (Lipinski definition) is 6. The molecule has 4 heterocycles. The predicted molar refractivity (Wildman–Crippen MR) is 149 cm³/mol. The summed E-state index contributed by atoms with van der Waals surface area (Å²) in [5.74, 6) is -0.384. The summed E-state index contributed by atoms with van der Waals surface area (Å²) < 4.78 is 0. The van der Waals surface area contributed by atoms with Crippen LogP contribution >= 0.6 is 11.3 Å². The molecule has 6 rings (SSSR count). The Morgan fingerprint density at radius 1 is 1.08 bits per heavy atom. The first-order valence-corrected chi connectivity index (χ1v) is 13.0. The molecular weight excluding hydrogens is 500 g/mol. The molecule has 4 aromatic rings. The molecule has 2 aromatic heterocycles. The summed E-state index contributed by atoms with van der Waals surface area (Å²) in [4.78, 5) is 47.7. The van der Waals surface area contributed by atoms with E-state index >= 15 is 0 Å². The lowest BCUT2D eigenvalue weighted by molar-refractivity contribution is -0.128. The van der Waals surface area contributed by atoms with E-state index in [2.05, 4.69) is 20.9 Å². The van der Waals surface area contributed by atoms with E-state index in [1.807, 2.05) is 60.7 Å². The second-order valence-corrected chi connectivity index (χ2v) is 9.99.